The number of aliphatic hydroxyl groups is 3. The summed E-state index contributed by atoms with van der Waals surface area (Å²) in [5.74, 6) is -0.247. The second-order valence-corrected chi connectivity index (χ2v) is 4.85. The molecule has 6 N–H and O–H groups in total. The highest BCUT2D eigenvalue weighted by atomic mass is 79.9. The summed E-state index contributed by atoms with van der Waals surface area (Å²) >= 11 is 2.90. The Morgan fingerprint density at radius 1 is 1.37 bits per heavy atom. The van der Waals surface area contributed by atoms with Gasteiger partial charge in [-0.15, -0.1) is 0 Å². The first-order valence-electron chi connectivity index (χ1n) is 5.30. The maximum absolute atomic E-state index is 11.7. The van der Waals surface area contributed by atoms with Gasteiger partial charge in [0.2, 0.25) is 0 Å². The Kier molecular flexibility index (Phi) is 3.78. The van der Waals surface area contributed by atoms with E-state index in [1.165, 1.54) is 0 Å². The first-order chi connectivity index (χ1) is 8.88. The Hall–Kier alpha value is -1.20. The molecule has 9 nitrogen and oxygen atoms in total. The number of anilines is 1. The molecule has 2 rings (SSSR count). The van der Waals surface area contributed by atoms with Crippen LogP contribution in [0.4, 0.5) is 5.82 Å². The standard InChI is InChI=1S/C9H12BrN3O6/c10-3-6(11)13(9(18)12-7(3)17)8-5(16)4(15)2(1-14)19-8/h2,4-5,8,14-16H,1,11H2,(H,12,17,18)/t2-,4-,5-,8-/m1/s1. The number of nitrogens with one attached hydrogen (secondary N) is 1. The molecule has 0 unspecified atom stereocenters. The minimum atomic E-state index is -1.46. The zero-order valence-corrected chi connectivity index (χ0v) is 11.1. The molecule has 0 amide bonds. The van der Waals surface area contributed by atoms with Crippen LogP contribution in [0, 0.1) is 0 Å². The lowest BCUT2D eigenvalue weighted by Crippen LogP contribution is -2.39. The fourth-order valence-electron chi connectivity index (χ4n) is 1.89. The van der Waals surface area contributed by atoms with Gasteiger partial charge in [-0.2, -0.15) is 0 Å². The summed E-state index contributed by atoms with van der Waals surface area (Å²) in [5, 5.41) is 28.4. The van der Waals surface area contributed by atoms with Gasteiger partial charge in [0.15, 0.2) is 6.23 Å². The molecule has 2 heterocycles. The largest absolute Gasteiger partial charge is 0.394 e. The van der Waals surface area contributed by atoms with Crippen LogP contribution in [0.5, 0.6) is 0 Å². The fourth-order valence-corrected chi connectivity index (χ4v) is 2.18. The zero-order chi connectivity index (χ0) is 14.3. The van der Waals surface area contributed by atoms with Crippen molar-refractivity contribution in [1.82, 2.24) is 9.55 Å². The van der Waals surface area contributed by atoms with Gasteiger partial charge in [0.1, 0.15) is 28.6 Å². The molecular weight excluding hydrogens is 326 g/mol. The average molecular weight is 338 g/mol. The van der Waals surface area contributed by atoms with E-state index in [4.69, 9.17) is 15.6 Å². The van der Waals surface area contributed by atoms with Crippen molar-refractivity contribution in [2.45, 2.75) is 24.5 Å². The molecule has 0 radical (unpaired) electrons. The van der Waals surface area contributed by atoms with E-state index in [9.17, 15) is 19.8 Å². The van der Waals surface area contributed by atoms with E-state index in [-0.39, 0.29) is 10.3 Å². The van der Waals surface area contributed by atoms with Crippen LogP contribution in [0.2, 0.25) is 0 Å². The molecule has 0 aromatic carbocycles. The lowest BCUT2D eigenvalue weighted by molar-refractivity contribution is -0.0539. The van der Waals surface area contributed by atoms with Crippen molar-refractivity contribution in [1.29, 1.82) is 0 Å². The van der Waals surface area contributed by atoms with Gasteiger partial charge in [-0.3, -0.25) is 9.78 Å². The summed E-state index contributed by atoms with van der Waals surface area (Å²) in [4.78, 5) is 25.0. The number of aromatic nitrogens is 2. The van der Waals surface area contributed by atoms with E-state index in [0.29, 0.717) is 0 Å². The van der Waals surface area contributed by atoms with Gasteiger partial charge in [0.05, 0.1) is 6.61 Å². The van der Waals surface area contributed by atoms with Crippen molar-refractivity contribution in [3.05, 3.63) is 25.3 Å². The summed E-state index contributed by atoms with van der Waals surface area (Å²) in [7, 11) is 0. The monoisotopic (exact) mass is 337 g/mol. The summed E-state index contributed by atoms with van der Waals surface area (Å²) in [6.45, 7) is -0.534. The normalized spacial score (nSPS) is 30.7. The minimum absolute atomic E-state index is 0.0927. The fraction of sp³-hybridized carbons (Fsp3) is 0.556. The van der Waals surface area contributed by atoms with Gasteiger partial charge >= 0.3 is 5.69 Å². The molecule has 19 heavy (non-hydrogen) atoms. The van der Waals surface area contributed by atoms with Gasteiger partial charge in [-0.25, -0.2) is 9.36 Å². The number of aliphatic hydroxyl groups excluding tert-OH is 3. The number of hydrogen-bond donors (Lipinski definition) is 5. The number of nitrogens with two attached hydrogens (primary N) is 1. The highest BCUT2D eigenvalue weighted by Gasteiger charge is 2.44. The topological polar surface area (TPSA) is 151 Å². The van der Waals surface area contributed by atoms with E-state index in [0.717, 1.165) is 4.57 Å². The third-order valence-electron chi connectivity index (χ3n) is 2.89. The first kappa shape index (κ1) is 14.2. The van der Waals surface area contributed by atoms with Crippen LogP contribution in [-0.4, -0.2) is 49.8 Å². The quantitative estimate of drug-likeness (QED) is 0.400. The van der Waals surface area contributed by atoms with Gasteiger partial charge < -0.3 is 25.8 Å². The number of rotatable bonds is 2. The summed E-state index contributed by atoms with van der Waals surface area (Å²) in [6.07, 6.45) is -5.17. The molecule has 10 heteroatoms. The second kappa shape index (κ2) is 5.06. The van der Waals surface area contributed by atoms with Crippen LogP contribution in [0.15, 0.2) is 14.1 Å². The first-order valence-corrected chi connectivity index (χ1v) is 6.10. The third-order valence-corrected chi connectivity index (χ3v) is 3.66. The molecule has 1 aromatic heterocycles. The highest BCUT2D eigenvalue weighted by molar-refractivity contribution is 9.10. The lowest BCUT2D eigenvalue weighted by Gasteiger charge is -2.19. The Labute approximate surface area is 114 Å². The van der Waals surface area contributed by atoms with Crippen molar-refractivity contribution < 1.29 is 20.1 Å². The summed E-state index contributed by atoms with van der Waals surface area (Å²) < 4.78 is 5.88. The lowest BCUT2D eigenvalue weighted by atomic mass is 10.1. The van der Waals surface area contributed by atoms with Crippen LogP contribution in [0.25, 0.3) is 0 Å². The third kappa shape index (κ3) is 2.21. The van der Waals surface area contributed by atoms with Crippen molar-refractivity contribution in [3.63, 3.8) is 0 Å². The molecule has 1 fully saturated rings. The van der Waals surface area contributed by atoms with E-state index in [2.05, 4.69) is 15.9 Å². The van der Waals surface area contributed by atoms with E-state index < -0.39 is 42.4 Å². The zero-order valence-electron chi connectivity index (χ0n) is 9.49. The molecule has 0 spiro atoms. The number of hydrogen-bond acceptors (Lipinski definition) is 7. The predicted molar refractivity (Wildman–Crippen MR) is 66.4 cm³/mol. The van der Waals surface area contributed by atoms with Crippen LogP contribution in [0.1, 0.15) is 6.23 Å². The Bertz CT molecular complexity index is 599. The Morgan fingerprint density at radius 3 is 2.53 bits per heavy atom. The molecule has 0 aliphatic carbocycles. The van der Waals surface area contributed by atoms with Gasteiger partial charge in [0, 0.05) is 0 Å². The number of H-pyrrole nitrogens is 1. The summed E-state index contributed by atoms with van der Waals surface area (Å²) in [6, 6.07) is 0. The van der Waals surface area contributed by atoms with Crippen LogP contribution >= 0.6 is 15.9 Å². The Balaban J connectivity index is 2.52. The molecule has 1 aliphatic heterocycles. The SMILES string of the molecule is Nc1c(Br)c(=O)[nH]c(=O)n1[C@@H]1O[C@H](CO)[C@@H](O)[C@H]1O. The number of nitrogen functional groups attached to an aromatic ring is 1. The molecule has 1 saturated heterocycles. The van der Waals surface area contributed by atoms with Crippen LogP contribution in [-0.2, 0) is 4.74 Å². The number of ether oxygens (including phenoxy) is 1. The molecule has 4 atom stereocenters. The van der Waals surface area contributed by atoms with Crippen molar-refractivity contribution in [3.8, 4) is 0 Å². The van der Waals surface area contributed by atoms with E-state index in [1.807, 2.05) is 4.98 Å². The summed E-state index contributed by atoms with van der Waals surface area (Å²) in [5.41, 5.74) is 4.01. The van der Waals surface area contributed by atoms with E-state index in [1.54, 1.807) is 0 Å². The van der Waals surface area contributed by atoms with Crippen molar-refractivity contribution in [2.75, 3.05) is 12.3 Å². The number of halogens is 1. The van der Waals surface area contributed by atoms with Crippen molar-refractivity contribution >= 4 is 21.7 Å². The smallest absolute Gasteiger partial charge is 0.332 e. The maximum Gasteiger partial charge on any atom is 0.332 e. The molecule has 0 bridgehead atoms. The van der Waals surface area contributed by atoms with Gasteiger partial charge in [0.25, 0.3) is 5.56 Å². The maximum atomic E-state index is 11.7. The molecular formula is C9H12BrN3O6. The van der Waals surface area contributed by atoms with Crippen molar-refractivity contribution in [2.24, 2.45) is 0 Å². The number of nitrogens with zero attached hydrogens (tertiary/aromatic N) is 1. The minimum Gasteiger partial charge on any atom is -0.394 e. The van der Waals surface area contributed by atoms with Gasteiger partial charge in [-0.1, -0.05) is 0 Å². The highest BCUT2D eigenvalue weighted by Crippen LogP contribution is 2.30. The predicted octanol–water partition coefficient (Wildman–Crippen LogP) is -2.51. The molecule has 1 aliphatic rings. The average Bonchev–Trinajstić information content (AvgIpc) is 2.64. The van der Waals surface area contributed by atoms with E-state index >= 15 is 0 Å². The molecule has 0 saturated carbocycles. The second-order valence-electron chi connectivity index (χ2n) is 4.06. The van der Waals surface area contributed by atoms with Crippen LogP contribution in [0.3, 0.4) is 0 Å². The Morgan fingerprint density at radius 2 is 2.00 bits per heavy atom. The number of aromatic amines is 1. The van der Waals surface area contributed by atoms with Gasteiger partial charge in [-0.05, 0) is 15.9 Å². The van der Waals surface area contributed by atoms with Crippen LogP contribution < -0.4 is 17.0 Å². The molecule has 106 valence electrons. The molecule has 1 aromatic rings.